The highest BCUT2D eigenvalue weighted by Crippen LogP contribution is 2.52. The zero-order chi connectivity index (χ0) is 20.8. The fourth-order valence-corrected chi connectivity index (χ4v) is 5.33. The van der Waals surface area contributed by atoms with Gasteiger partial charge in [-0.05, 0) is 68.4 Å². The first-order chi connectivity index (χ1) is 15.2. The quantitative estimate of drug-likeness (QED) is 0.706. The van der Waals surface area contributed by atoms with Crippen molar-refractivity contribution in [2.75, 3.05) is 31.1 Å². The number of H-pyrrole nitrogens is 1. The number of carbonyl (C=O) groups is 1. The van der Waals surface area contributed by atoms with Crippen molar-refractivity contribution in [1.82, 2.24) is 24.8 Å². The molecule has 0 unspecified atom stereocenters. The molecule has 2 saturated heterocycles. The van der Waals surface area contributed by atoms with Crippen LogP contribution in [0.25, 0.3) is 11.2 Å². The Morgan fingerprint density at radius 2 is 1.81 bits per heavy atom. The number of hydrogen-bond donors (Lipinski definition) is 1. The monoisotopic (exact) mass is 416 g/mol. The van der Waals surface area contributed by atoms with Gasteiger partial charge in [-0.25, -0.2) is 9.97 Å². The van der Waals surface area contributed by atoms with Gasteiger partial charge in [-0.15, -0.1) is 0 Å². The molecule has 160 valence electrons. The molecule has 0 spiro atoms. The van der Waals surface area contributed by atoms with Crippen molar-refractivity contribution in [3.8, 4) is 0 Å². The van der Waals surface area contributed by atoms with Crippen LogP contribution < -0.4 is 4.90 Å². The van der Waals surface area contributed by atoms with Gasteiger partial charge in [0, 0.05) is 38.6 Å². The fraction of sp³-hybridized carbons (Fsp3) is 0.500. The summed E-state index contributed by atoms with van der Waals surface area (Å²) < 4.78 is 0. The topological polar surface area (TPSA) is 78.0 Å². The summed E-state index contributed by atoms with van der Waals surface area (Å²) in [5.41, 5.74) is 2.98. The van der Waals surface area contributed by atoms with Gasteiger partial charge < -0.3 is 14.8 Å². The molecule has 1 atom stereocenters. The fourth-order valence-electron chi connectivity index (χ4n) is 5.33. The van der Waals surface area contributed by atoms with Crippen LogP contribution in [0.15, 0.2) is 36.7 Å². The van der Waals surface area contributed by atoms with E-state index in [-0.39, 0.29) is 11.3 Å². The third-order valence-corrected chi connectivity index (χ3v) is 7.28. The van der Waals surface area contributed by atoms with E-state index < -0.39 is 0 Å². The number of anilines is 1. The van der Waals surface area contributed by atoms with Crippen molar-refractivity contribution in [3.05, 3.63) is 48.0 Å². The molecule has 6 rings (SSSR count). The van der Waals surface area contributed by atoms with E-state index in [0.29, 0.717) is 5.91 Å². The Morgan fingerprint density at radius 1 is 1.00 bits per heavy atom. The lowest BCUT2D eigenvalue weighted by atomic mass is 9.96. The van der Waals surface area contributed by atoms with Crippen LogP contribution in [0.5, 0.6) is 0 Å². The maximum Gasteiger partial charge on any atom is 0.227 e. The number of likely N-dealkylation sites (tertiary alicyclic amines) is 1. The number of piperidine rings is 1. The second-order valence-corrected chi connectivity index (χ2v) is 9.26. The lowest BCUT2D eigenvalue weighted by Gasteiger charge is -2.34. The summed E-state index contributed by atoms with van der Waals surface area (Å²) in [5, 5.41) is 0. The lowest BCUT2D eigenvalue weighted by Crippen LogP contribution is -2.44. The molecular weight excluding hydrogens is 388 g/mol. The maximum absolute atomic E-state index is 12.9. The molecule has 7 heteroatoms. The largest absolute Gasteiger partial charge is 0.356 e. The second kappa shape index (κ2) is 7.32. The molecule has 0 radical (unpaired) electrons. The van der Waals surface area contributed by atoms with Crippen LogP contribution in [0.1, 0.15) is 49.9 Å². The Morgan fingerprint density at radius 3 is 2.58 bits per heavy atom. The zero-order valence-corrected chi connectivity index (χ0v) is 17.8. The van der Waals surface area contributed by atoms with E-state index in [1.165, 1.54) is 5.56 Å². The summed E-state index contributed by atoms with van der Waals surface area (Å²) in [4.78, 5) is 34.7. The van der Waals surface area contributed by atoms with E-state index in [2.05, 4.69) is 44.0 Å². The van der Waals surface area contributed by atoms with Gasteiger partial charge in [0.15, 0.2) is 5.65 Å². The summed E-state index contributed by atoms with van der Waals surface area (Å²) in [6.45, 7) is 3.55. The highest BCUT2D eigenvalue weighted by Gasteiger charge is 2.48. The molecule has 0 aromatic carbocycles. The summed E-state index contributed by atoms with van der Waals surface area (Å²) in [5.74, 6) is 2.34. The van der Waals surface area contributed by atoms with Crippen LogP contribution in [0.4, 0.5) is 5.82 Å². The van der Waals surface area contributed by atoms with E-state index in [1.807, 2.05) is 12.4 Å². The molecule has 2 aliphatic heterocycles. The number of fused-ring (bicyclic) bond motifs is 1. The number of nitrogens with one attached hydrogen (secondary N) is 1. The van der Waals surface area contributed by atoms with Crippen LogP contribution in [0.2, 0.25) is 0 Å². The molecule has 0 bridgehead atoms. The molecule has 31 heavy (non-hydrogen) atoms. The van der Waals surface area contributed by atoms with Gasteiger partial charge in [0.25, 0.3) is 0 Å². The standard InChI is InChI=1S/C24H28N6O/c31-22(29-13-1-2-14-29)17-4-3-15-30(16-17)20-6-5-19-21(27-20)28-23(26-19)24(9-10-24)18-7-11-25-12-8-18/h5-8,11-12,17H,1-4,9-10,13-16H2,(H,26,27,28)/t17-/m1/s1. The van der Waals surface area contributed by atoms with Gasteiger partial charge >= 0.3 is 0 Å². The predicted molar refractivity (Wildman–Crippen MR) is 119 cm³/mol. The number of carbonyl (C=O) groups excluding carboxylic acids is 1. The minimum Gasteiger partial charge on any atom is -0.356 e. The molecule has 1 N–H and O–H groups in total. The molecule has 3 aromatic heterocycles. The van der Waals surface area contributed by atoms with Crippen molar-refractivity contribution in [1.29, 1.82) is 0 Å². The summed E-state index contributed by atoms with van der Waals surface area (Å²) in [6.07, 6.45) is 10.2. The maximum atomic E-state index is 12.9. The Hall–Kier alpha value is -2.96. The van der Waals surface area contributed by atoms with E-state index in [4.69, 9.17) is 9.97 Å². The number of nitrogens with zero attached hydrogens (tertiary/aromatic N) is 5. The van der Waals surface area contributed by atoms with Crippen molar-refractivity contribution in [3.63, 3.8) is 0 Å². The minimum atomic E-state index is -0.0256. The van der Waals surface area contributed by atoms with Crippen LogP contribution in [-0.2, 0) is 10.2 Å². The van der Waals surface area contributed by atoms with Crippen molar-refractivity contribution in [2.24, 2.45) is 5.92 Å². The summed E-state index contributed by atoms with van der Waals surface area (Å²) in [6, 6.07) is 8.33. The average Bonchev–Trinajstić information content (AvgIpc) is 3.24. The van der Waals surface area contributed by atoms with Crippen LogP contribution in [-0.4, -0.2) is 56.9 Å². The number of amides is 1. The zero-order valence-electron chi connectivity index (χ0n) is 17.8. The Labute approximate surface area is 181 Å². The molecule has 5 heterocycles. The van der Waals surface area contributed by atoms with Gasteiger partial charge in [-0.2, -0.15) is 0 Å². The van der Waals surface area contributed by atoms with Gasteiger partial charge in [-0.3, -0.25) is 9.78 Å². The summed E-state index contributed by atoms with van der Waals surface area (Å²) >= 11 is 0. The number of aromatic nitrogens is 4. The first-order valence-electron chi connectivity index (χ1n) is 11.5. The number of aromatic amines is 1. The van der Waals surface area contributed by atoms with Crippen molar-refractivity contribution >= 4 is 22.9 Å². The Bertz CT molecular complexity index is 1100. The van der Waals surface area contributed by atoms with Crippen molar-refractivity contribution in [2.45, 2.75) is 43.9 Å². The Balaban J connectivity index is 1.25. The van der Waals surface area contributed by atoms with E-state index >= 15 is 0 Å². The minimum absolute atomic E-state index is 0.0256. The highest BCUT2D eigenvalue weighted by atomic mass is 16.2. The molecule has 1 aliphatic carbocycles. The predicted octanol–water partition coefficient (Wildman–Crippen LogP) is 3.27. The number of rotatable bonds is 4. The van der Waals surface area contributed by atoms with Crippen LogP contribution in [0, 0.1) is 5.92 Å². The molecule has 1 amide bonds. The number of imidazole rings is 1. The lowest BCUT2D eigenvalue weighted by molar-refractivity contribution is -0.134. The molecule has 3 aromatic rings. The first-order valence-corrected chi connectivity index (χ1v) is 11.5. The number of pyridine rings is 2. The molecule has 1 saturated carbocycles. The second-order valence-electron chi connectivity index (χ2n) is 9.26. The molecule has 3 aliphatic rings. The Kier molecular flexibility index (Phi) is 4.44. The SMILES string of the molecule is O=C([C@@H]1CCCN(c2ccc3[nH]c(C4(c5ccncc5)CC4)nc3n2)C1)N1CCCC1. The number of hydrogen-bond acceptors (Lipinski definition) is 5. The van der Waals surface area contributed by atoms with Crippen LogP contribution >= 0.6 is 0 Å². The smallest absolute Gasteiger partial charge is 0.227 e. The van der Waals surface area contributed by atoms with Gasteiger partial charge in [0.2, 0.25) is 5.91 Å². The highest BCUT2D eigenvalue weighted by molar-refractivity contribution is 5.80. The van der Waals surface area contributed by atoms with Gasteiger partial charge in [-0.1, -0.05) is 0 Å². The van der Waals surface area contributed by atoms with Gasteiger partial charge in [0.1, 0.15) is 11.6 Å². The first kappa shape index (κ1) is 18.8. The van der Waals surface area contributed by atoms with Crippen molar-refractivity contribution < 1.29 is 4.79 Å². The van der Waals surface area contributed by atoms with Gasteiger partial charge in [0.05, 0.1) is 16.8 Å². The summed E-state index contributed by atoms with van der Waals surface area (Å²) in [7, 11) is 0. The molecule has 7 nitrogen and oxygen atoms in total. The third kappa shape index (κ3) is 3.27. The van der Waals surface area contributed by atoms with Crippen LogP contribution in [0.3, 0.4) is 0 Å². The normalized spacial score (nSPS) is 22.8. The third-order valence-electron chi connectivity index (χ3n) is 7.28. The molecular formula is C24H28N6O. The van der Waals surface area contributed by atoms with E-state index in [9.17, 15) is 4.79 Å². The van der Waals surface area contributed by atoms with E-state index in [1.54, 1.807) is 0 Å². The van der Waals surface area contributed by atoms with E-state index in [0.717, 1.165) is 87.5 Å². The average molecular weight is 417 g/mol. The molecule has 3 fully saturated rings.